The van der Waals surface area contributed by atoms with Gasteiger partial charge in [0.1, 0.15) is 5.75 Å². The Morgan fingerprint density at radius 3 is 2.83 bits per heavy atom. The van der Waals surface area contributed by atoms with E-state index in [2.05, 4.69) is 15.2 Å². The van der Waals surface area contributed by atoms with E-state index in [-0.39, 0.29) is 35.2 Å². The van der Waals surface area contributed by atoms with Crippen molar-refractivity contribution in [3.05, 3.63) is 5.89 Å². The van der Waals surface area contributed by atoms with Crippen LogP contribution in [0.1, 0.15) is 19.7 Å². The van der Waals surface area contributed by atoms with Gasteiger partial charge in [0, 0.05) is 19.2 Å². The van der Waals surface area contributed by atoms with Crippen LogP contribution in [-0.4, -0.2) is 58.1 Å². The number of hydrogen-bond donors (Lipinski definition) is 0. The predicted octanol–water partition coefficient (Wildman–Crippen LogP) is 0.936. The van der Waals surface area contributed by atoms with Gasteiger partial charge >= 0.3 is 12.0 Å². The van der Waals surface area contributed by atoms with E-state index in [1.54, 1.807) is 13.8 Å². The minimum absolute atomic E-state index is 0.0650. The van der Waals surface area contributed by atoms with Crippen LogP contribution >= 0.6 is 11.8 Å². The molecular weight excluding hydrogens is 324 g/mol. The van der Waals surface area contributed by atoms with Crippen molar-refractivity contribution >= 4 is 35.4 Å². The van der Waals surface area contributed by atoms with Gasteiger partial charge in [-0.1, -0.05) is 11.8 Å². The Kier molecular flexibility index (Phi) is 5.48. The van der Waals surface area contributed by atoms with Crippen molar-refractivity contribution < 1.29 is 23.5 Å². The highest BCUT2D eigenvalue weighted by atomic mass is 32.2. The molecule has 0 aromatic carbocycles. The Balaban J connectivity index is 1.99. The van der Waals surface area contributed by atoms with E-state index >= 15 is 0 Å². The lowest BCUT2D eigenvalue weighted by Crippen LogP contribution is -2.44. The monoisotopic (exact) mass is 340 g/mol. The molecule has 1 unspecified atom stereocenters. The molecule has 0 aliphatic carbocycles. The Hall–Kier alpha value is -2.23. The first-order chi connectivity index (χ1) is 10.9. The SMILES string of the molecule is CCOC(=O)CSc1nnc(CC2C(=O)N(C)C(=O)N=C2C)o1. The lowest BCUT2D eigenvalue weighted by Gasteiger charge is -2.24. The number of urea groups is 1. The number of imide groups is 1. The largest absolute Gasteiger partial charge is 0.465 e. The molecule has 1 aromatic heterocycles. The van der Waals surface area contributed by atoms with Gasteiger partial charge in [-0.05, 0) is 13.8 Å². The summed E-state index contributed by atoms with van der Waals surface area (Å²) in [6.45, 7) is 3.64. The highest BCUT2D eigenvalue weighted by Crippen LogP contribution is 2.21. The zero-order valence-corrected chi connectivity index (χ0v) is 13.8. The second kappa shape index (κ2) is 7.36. The molecule has 0 bridgehead atoms. The average Bonchev–Trinajstić information content (AvgIpc) is 2.95. The second-order valence-electron chi connectivity index (χ2n) is 4.75. The third-order valence-corrected chi connectivity index (χ3v) is 3.93. The van der Waals surface area contributed by atoms with Gasteiger partial charge in [-0.3, -0.25) is 14.5 Å². The van der Waals surface area contributed by atoms with Crippen LogP contribution in [0.5, 0.6) is 0 Å². The first kappa shape index (κ1) is 17.1. The molecule has 1 aromatic rings. The molecule has 0 saturated heterocycles. The average molecular weight is 340 g/mol. The summed E-state index contributed by atoms with van der Waals surface area (Å²) in [6, 6.07) is -0.583. The van der Waals surface area contributed by atoms with Crippen molar-refractivity contribution in [1.29, 1.82) is 0 Å². The number of carbonyl (C=O) groups is 3. The molecule has 2 rings (SSSR count). The molecule has 0 fully saturated rings. The summed E-state index contributed by atoms with van der Waals surface area (Å²) in [5.41, 5.74) is 0.414. The molecular formula is C13H16N4O5S. The molecule has 0 saturated carbocycles. The van der Waals surface area contributed by atoms with Crippen LogP contribution in [0, 0.1) is 5.92 Å². The van der Waals surface area contributed by atoms with Gasteiger partial charge in [-0.25, -0.2) is 9.79 Å². The van der Waals surface area contributed by atoms with Crippen LogP contribution in [-0.2, 0) is 20.7 Å². The van der Waals surface area contributed by atoms with Crippen molar-refractivity contribution in [2.45, 2.75) is 25.5 Å². The summed E-state index contributed by atoms with van der Waals surface area (Å²) in [5, 5.41) is 7.87. The fourth-order valence-electron chi connectivity index (χ4n) is 1.92. The van der Waals surface area contributed by atoms with Crippen LogP contribution in [0.2, 0.25) is 0 Å². The number of thioether (sulfide) groups is 1. The number of esters is 1. The van der Waals surface area contributed by atoms with Crippen LogP contribution in [0.4, 0.5) is 4.79 Å². The molecule has 1 aliphatic heterocycles. The van der Waals surface area contributed by atoms with Crippen molar-refractivity contribution in [3.8, 4) is 0 Å². The molecule has 0 radical (unpaired) electrons. The van der Waals surface area contributed by atoms with Crippen molar-refractivity contribution in [3.63, 3.8) is 0 Å². The number of amides is 3. The molecule has 1 atom stereocenters. The predicted molar refractivity (Wildman–Crippen MR) is 80.1 cm³/mol. The summed E-state index contributed by atoms with van der Waals surface area (Å²) in [6.07, 6.45) is 0.152. The standard InChI is InChI=1S/C13H16N4O5S/c1-4-21-10(18)6-23-13-16-15-9(22-13)5-8-7(2)14-12(20)17(3)11(8)19/h8H,4-6H2,1-3H3. The van der Waals surface area contributed by atoms with Crippen LogP contribution in [0.25, 0.3) is 0 Å². The number of nitrogens with zero attached hydrogens (tertiary/aromatic N) is 4. The molecule has 0 spiro atoms. The van der Waals surface area contributed by atoms with E-state index in [4.69, 9.17) is 9.15 Å². The van der Waals surface area contributed by atoms with Gasteiger partial charge in [-0.2, -0.15) is 0 Å². The number of rotatable bonds is 6. The van der Waals surface area contributed by atoms with Gasteiger partial charge in [-0.15, -0.1) is 10.2 Å². The van der Waals surface area contributed by atoms with Crippen molar-refractivity contribution in [2.75, 3.05) is 19.4 Å². The van der Waals surface area contributed by atoms with E-state index < -0.39 is 11.9 Å². The van der Waals surface area contributed by atoms with Gasteiger partial charge in [0.25, 0.3) is 5.22 Å². The van der Waals surface area contributed by atoms with Gasteiger partial charge in [0.05, 0.1) is 12.5 Å². The Bertz CT molecular complexity index is 657. The highest BCUT2D eigenvalue weighted by Gasteiger charge is 2.34. The fraction of sp³-hybridized carbons (Fsp3) is 0.538. The van der Waals surface area contributed by atoms with Crippen LogP contribution in [0.3, 0.4) is 0 Å². The molecule has 2 heterocycles. The topological polar surface area (TPSA) is 115 Å². The Morgan fingerprint density at radius 1 is 1.39 bits per heavy atom. The van der Waals surface area contributed by atoms with Gasteiger partial charge < -0.3 is 9.15 Å². The summed E-state index contributed by atoms with van der Waals surface area (Å²) >= 11 is 1.06. The van der Waals surface area contributed by atoms with Crippen molar-refractivity contribution in [1.82, 2.24) is 15.1 Å². The minimum atomic E-state index is -0.610. The van der Waals surface area contributed by atoms with E-state index in [0.717, 1.165) is 16.7 Å². The fourth-order valence-corrected chi connectivity index (χ4v) is 2.50. The third-order valence-electron chi connectivity index (χ3n) is 3.14. The molecule has 10 heteroatoms. The van der Waals surface area contributed by atoms with E-state index in [1.807, 2.05) is 0 Å². The first-order valence-electron chi connectivity index (χ1n) is 6.89. The molecule has 1 aliphatic rings. The number of carbonyl (C=O) groups excluding carboxylic acids is 3. The summed E-state index contributed by atoms with van der Waals surface area (Å²) in [5.74, 6) is -1.03. The summed E-state index contributed by atoms with van der Waals surface area (Å²) in [4.78, 5) is 39.6. The highest BCUT2D eigenvalue weighted by molar-refractivity contribution is 7.99. The molecule has 124 valence electrons. The van der Waals surface area contributed by atoms with Crippen LogP contribution < -0.4 is 0 Å². The zero-order chi connectivity index (χ0) is 17.0. The third kappa shape index (κ3) is 4.15. The van der Waals surface area contributed by atoms with Crippen molar-refractivity contribution in [2.24, 2.45) is 10.9 Å². The number of hydrogen-bond acceptors (Lipinski definition) is 8. The molecule has 9 nitrogen and oxygen atoms in total. The number of aromatic nitrogens is 2. The number of ether oxygens (including phenoxy) is 1. The maximum absolute atomic E-state index is 12.1. The quantitative estimate of drug-likeness (QED) is 0.555. The first-order valence-corrected chi connectivity index (χ1v) is 7.88. The van der Waals surface area contributed by atoms with Gasteiger partial charge in [0.15, 0.2) is 0 Å². The van der Waals surface area contributed by atoms with E-state index in [0.29, 0.717) is 12.3 Å². The second-order valence-corrected chi connectivity index (χ2v) is 5.67. The zero-order valence-electron chi connectivity index (χ0n) is 12.9. The Morgan fingerprint density at radius 2 is 2.13 bits per heavy atom. The number of aliphatic imine (C=N–C) groups is 1. The summed E-state index contributed by atoms with van der Waals surface area (Å²) < 4.78 is 10.2. The minimum Gasteiger partial charge on any atom is -0.465 e. The lowest BCUT2D eigenvalue weighted by atomic mass is 9.97. The smallest absolute Gasteiger partial charge is 0.349 e. The molecule has 3 amide bonds. The molecule has 23 heavy (non-hydrogen) atoms. The normalized spacial score (nSPS) is 18.1. The van der Waals surface area contributed by atoms with Crippen LogP contribution in [0.15, 0.2) is 14.6 Å². The maximum atomic E-state index is 12.1. The summed E-state index contributed by atoms with van der Waals surface area (Å²) in [7, 11) is 1.38. The lowest BCUT2D eigenvalue weighted by molar-refractivity contribution is -0.139. The Labute approximate surface area is 136 Å². The van der Waals surface area contributed by atoms with E-state index in [9.17, 15) is 14.4 Å². The van der Waals surface area contributed by atoms with Gasteiger partial charge in [0.2, 0.25) is 11.8 Å². The van der Waals surface area contributed by atoms with E-state index in [1.165, 1.54) is 7.05 Å². The maximum Gasteiger partial charge on any atom is 0.349 e. The molecule has 0 N–H and O–H groups in total.